The standard InChI is InChI=1S/C18H29F/c1-8-17(5,6)14-11-12-15(19)16(13(14)4)18(7,9-2)10-3/h11-12H,8-10H2,1-7H3. The van der Waals surface area contributed by atoms with Gasteiger partial charge in [0, 0.05) is 0 Å². The fraction of sp³-hybridized carbons (Fsp3) is 0.667. The molecule has 0 aliphatic rings. The van der Waals surface area contributed by atoms with E-state index in [0.717, 1.165) is 30.4 Å². The molecule has 0 atom stereocenters. The minimum Gasteiger partial charge on any atom is -0.207 e. The van der Waals surface area contributed by atoms with Crippen molar-refractivity contribution in [3.63, 3.8) is 0 Å². The van der Waals surface area contributed by atoms with Crippen LogP contribution in [-0.4, -0.2) is 0 Å². The monoisotopic (exact) mass is 264 g/mol. The highest BCUT2D eigenvalue weighted by Gasteiger charge is 2.31. The predicted molar refractivity (Wildman–Crippen MR) is 82.4 cm³/mol. The van der Waals surface area contributed by atoms with Crippen LogP contribution in [0.1, 0.15) is 77.5 Å². The van der Waals surface area contributed by atoms with Crippen LogP contribution in [0.25, 0.3) is 0 Å². The van der Waals surface area contributed by atoms with E-state index in [9.17, 15) is 4.39 Å². The minimum absolute atomic E-state index is 0.0423. The van der Waals surface area contributed by atoms with Crippen LogP contribution in [0.3, 0.4) is 0 Å². The summed E-state index contributed by atoms with van der Waals surface area (Å²) < 4.78 is 14.4. The van der Waals surface area contributed by atoms with Crippen molar-refractivity contribution < 1.29 is 4.39 Å². The van der Waals surface area contributed by atoms with Crippen LogP contribution in [0.2, 0.25) is 0 Å². The van der Waals surface area contributed by atoms with Crippen LogP contribution >= 0.6 is 0 Å². The molecule has 0 aromatic heterocycles. The number of benzene rings is 1. The van der Waals surface area contributed by atoms with E-state index in [0.29, 0.717) is 0 Å². The van der Waals surface area contributed by atoms with Crippen molar-refractivity contribution in [3.05, 3.63) is 34.6 Å². The Balaban J connectivity index is 3.54. The molecule has 108 valence electrons. The van der Waals surface area contributed by atoms with Gasteiger partial charge in [-0.1, -0.05) is 47.6 Å². The summed E-state index contributed by atoms with van der Waals surface area (Å²) in [4.78, 5) is 0. The van der Waals surface area contributed by atoms with Crippen molar-refractivity contribution in [2.45, 2.75) is 78.6 Å². The van der Waals surface area contributed by atoms with Gasteiger partial charge in [-0.05, 0) is 59.8 Å². The zero-order chi connectivity index (χ0) is 14.8. The highest BCUT2D eigenvalue weighted by atomic mass is 19.1. The summed E-state index contributed by atoms with van der Waals surface area (Å²) in [5.41, 5.74) is 3.41. The van der Waals surface area contributed by atoms with Gasteiger partial charge in [0.15, 0.2) is 0 Å². The van der Waals surface area contributed by atoms with Gasteiger partial charge >= 0.3 is 0 Å². The second kappa shape index (κ2) is 5.64. The molecule has 0 amide bonds. The van der Waals surface area contributed by atoms with E-state index in [1.807, 2.05) is 6.07 Å². The third-order valence-corrected chi connectivity index (χ3v) is 5.19. The zero-order valence-electron chi connectivity index (χ0n) is 13.7. The van der Waals surface area contributed by atoms with Gasteiger partial charge < -0.3 is 0 Å². The summed E-state index contributed by atoms with van der Waals surface area (Å²) in [7, 11) is 0. The van der Waals surface area contributed by atoms with Gasteiger partial charge in [0.1, 0.15) is 5.82 Å². The van der Waals surface area contributed by atoms with Crippen LogP contribution in [-0.2, 0) is 10.8 Å². The van der Waals surface area contributed by atoms with Crippen molar-refractivity contribution in [1.29, 1.82) is 0 Å². The molecule has 19 heavy (non-hydrogen) atoms. The average molecular weight is 264 g/mol. The van der Waals surface area contributed by atoms with Crippen molar-refractivity contribution in [3.8, 4) is 0 Å². The van der Waals surface area contributed by atoms with Crippen molar-refractivity contribution >= 4 is 0 Å². The first-order valence-electron chi connectivity index (χ1n) is 7.53. The van der Waals surface area contributed by atoms with Gasteiger partial charge in [-0.2, -0.15) is 0 Å². The lowest BCUT2D eigenvalue weighted by Crippen LogP contribution is -2.26. The third-order valence-electron chi connectivity index (χ3n) is 5.19. The topological polar surface area (TPSA) is 0 Å². The van der Waals surface area contributed by atoms with E-state index in [-0.39, 0.29) is 16.6 Å². The number of hydrogen-bond acceptors (Lipinski definition) is 0. The molecule has 1 rings (SSSR count). The van der Waals surface area contributed by atoms with Crippen molar-refractivity contribution in [2.24, 2.45) is 0 Å². The summed E-state index contributed by atoms with van der Waals surface area (Å²) in [6.07, 6.45) is 3.00. The molecule has 1 aromatic rings. The molecule has 1 heteroatoms. The van der Waals surface area contributed by atoms with Crippen molar-refractivity contribution in [2.75, 3.05) is 0 Å². The Kier molecular flexibility index (Phi) is 4.81. The van der Waals surface area contributed by atoms with Crippen LogP contribution in [0, 0.1) is 12.7 Å². The molecule has 0 nitrogen and oxygen atoms in total. The van der Waals surface area contributed by atoms with Crippen LogP contribution in [0.15, 0.2) is 12.1 Å². The largest absolute Gasteiger partial charge is 0.207 e. The molecule has 0 aliphatic heterocycles. The van der Waals surface area contributed by atoms with E-state index in [1.54, 1.807) is 6.07 Å². The second-order valence-corrected chi connectivity index (χ2v) is 6.60. The Labute approximate surface area is 118 Å². The lowest BCUT2D eigenvalue weighted by atomic mass is 9.71. The molecule has 0 saturated heterocycles. The average Bonchev–Trinajstić information content (AvgIpc) is 2.38. The van der Waals surface area contributed by atoms with Gasteiger partial charge in [0.25, 0.3) is 0 Å². The van der Waals surface area contributed by atoms with Gasteiger partial charge in [-0.15, -0.1) is 0 Å². The normalized spacial score (nSPS) is 12.8. The molecule has 0 radical (unpaired) electrons. The number of rotatable bonds is 5. The fourth-order valence-electron chi connectivity index (χ4n) is 2.95. The predicted octanol–water partition coefficient (Wildman–Crippen LogP) is 5.90. The molecular weight excluding hydrogens is 235 g/mol. The van der Waals surface area contributed by atoms with E-state index in [4.69, 9.17) is 0 Å². The molecule has 1 aromatic carbocycles. The van der Waals surface area contributed by atoms with Crippen LogP contribution in [0.5, 0.6) is 0 Å². The SMILES string of the molecule is CCC(C)(C)c1ccc(F)c(C(C)(CC)CC)c1C. The summed E-state index contributed by atoms with van der Waals surface area (Å²) in [5.74, 6) is -0.0423. The van der Waals surface area contributed by atoms with Gasteiger partial charge in [-0.3, -0.25) is 0 Å². The quantitative estimate of drug-likeness (QED) is 0.621. The van der Waals surface area contributed by atoms with E-state index >= 15 is 0 Å². The molecule has 0 bridgehead atoms. The number of hydrogen-bond donors (Lipinski definition) is 0. The Hall–Kier alpha value is -0.850. The molecule has 0 heterocycles. The molecule has 0 N–H and O–H groups in total. The molecular formula is C18H29F. The first kappa shape index (κ1) is 16.2. The third kappa shape index (κ3) is 2.85. The lowest BCUT2D eigenvalue weighted by molar-refractivity contribution is 0.408. The highest BCUT2D eigenvalue weighted by molar-refractivity contribution is 5.43. The van der Waals surface area contributed by atoms with Crippen LogP contribution < -0.4 is 0 Å². The summed E-state index contributed by atoms with van der Waals surface area (Å²) in [5, 5.41) is 0. The minimum atomic E-state index is -0.0615. The molecule has 0 spiro atoms. The molecule has 0 fully saturated rings. The van der Waals surface area contributed by atoms with Crippen LogP contribution in [0.4, 0.5) is 4.39 Å². The highest BCUT2D eigenvalue weighted by Crippen LogP contribution is 2.39. The van der Waals surface area contributed by atoms with E-state index < -0.39 is 0 Å². The van der Waals surface area contributed by atoms with Crippen molar-refractivity contribution in [1.82, 2.24) is 0 Å². The summed E-state index contributed by atoms with van der Waals surface area (Å²) in [6, 6.07) is 3.64. The summed E-state index contributed by atoms with van der Waals surface area (Å²) >= 11 is 0. The second-order valence-electron chi connectivity index (χ2n) is 6.60. The van der Waals surface area contributed by atoms with Gasteiger partial charge in [0.05, 0.1) is 0 Å². The fourth-order valence-corrected chi connectivity index (χ4v) is 2.95. The Morgan fingerprint density at radius 2 is 1.47 bits per heavy atom. The lowest BCUT2D eigenvalue weighted by Gasteiger charge is -2.34. The van der Waals surface area contributed by atoms with Gasteiger partial charge in [0.2, 0.25) is 0 Å². The molecule has 0 unspecified atom stereocenters. The van der Waals surface area contributed by atoms with E-state index in [1.165, 1.54) is 5.56 Å². The first-order valence-corrected chi connectivity index (χ1v) is 7.53. The Morgan fingerprint density at radius 3 is 1.89 bits per heavy atom. The van der Waals surface area contributed by atoms with E-state index in [2.05, 4.69) is 48.5 Å². The number of halogens is 1. The smallest absolute Gasteiger partial charge is 0.127 e. The zero-order valence-corrected chi connectivity index (χ0v) is 13.7. The molecule has 0 aliphatic carbocycles. The maximum absolute atomic E-state index is 14.4. The molecule has 0 saturated carbocycles. The maximum Gasteiger partial charge on any atom is 0.127 e. The first-order chi connectivity index (χ1) is 8.73. The Morgan fingerprint density at radius 1 is 0.947 bits per heavy atom. The maximum atomic E-state index is 14.4. The Bertz CT molecular complexity index is 439. The summed E-state index contributed by atoms with van der Waals surface area (Å²) in [6.45, 7) is 15.3. The van der Waals surface area contributed by atoms with Gasteiger partial charge in [-0.25, -0.2) is 4.39 Å².